The summed E-state index contributed by atoms with van der Waals surface area (Å²) in [5.41, 5.74) is 0. The predicted octanol–water partition coefficient (Wildman–Crippen LogP) is 14.5. The zero-order chi connectivity index (χ0) is 32.7. The first-order valence-corrected chi connectivity index (χ1v) is 20.7. The van der Waals surface area contributed by atoms with Gasteiger partial charge in [0.25, 0.3) is 0 Å². The van der Waals surface area contributed by atoms with Crippen molar-refractivity contribution in [2.75, 3.05) is 26.4 Å². The molecule has 0 fully saturated rings. The fourth-order valence-electron chi connectivity index (χ4n) is 6.25. The first-order chi connectivity index (χ1) is 22.2. The summed E-state index contributed by atoms with van der Waals surface area (Å²) in [4.78, 5) is 0. The third kappa shape index (κ3) is 39.6. The Hall–Kier alpha value is -0.540. The van der Waals surface area contributed by atoms with Crippen molar-refractivity contribution in [2.45, 2.75) is 232 Å². The lowest BCUT2D eigenvalue weighted by Crippen LogP contribution is -2.26. The monoisotopic (exact) mass is 637 g/mol. The molecule has 0 N–H and O–H groups in total. The van der Waals surface area contributed by atoms with Crippen LogP contribution in [0.5, 0.6) is 0 Å². The van der Waals surface area contributed by atoms with Crippen LogP contribution < -0.4 is 0 Å². The number of unbranched alkanes of at least 4 members (excludes halogenated alkanes) is 30. The van der Waals surface area contributed by atoms with Crippen molar-refractivity contribution in [2.24, 2.45) is 0 Å². The van der Waals surface area contributed by atoms with Crippen LogP contribution in [0.1, 0.15) is 226 Å². The van der Waals surface area contributed by atoms with Crippen molar-refractivity contribution in [3.8, 4) is 0 Å². The lowest BCUT2D eigenvalue weighted by atomic mass is 10.0. The zero-order valence-electron chi connectivity index (χ0n) is 31.5. The maximum atomic E-state index is 6.15. The zero-order valence-corrected chi connectivity index (χ0v) is 31.5. The molecular formula is C42H84O3. The quantitative estimate of drug-likeness (QED) is 0.0495. The predicted molar refractivity (Wildman–Crippen MR) is 200 cm³/mol. The summed E-state index contributed by atoms with van der Waals surface area (Å²) in [7, 11) is 0. The van der Waals surface area contributed by atoms with E-state index in [2.05, 4.69) is 20.4 Å². The largest absolute Gasteiger partial charge is 0.496 e. The third-order valence-corrected chi connectivity index (χ3v) is 9.31. The van der Waals surface area contributed by atoms with Crippen molar-refractivity contribution in [1.82, 2.24) is 0 Å². The molecule has 1 atom stereocenters. The molecule has 0 spiro atoms. The maximum absolute atomic E-state index is 6.15. The summed E-state index contributed by atoms with van der Waals surface area (Å²) < 4.78 is 17.8. The van der Waals surface area contributed by atoms with Crippen LogP contribution in [0, 0.1) is 0 Å². The summed E-state index contributed by atoms with van der Waals surface area (Å²) in [6, 6.07) is 0. The van der Waals surface area contributed by atoms with Gasteiger partial charge in [0.1, 0.15) is 12.7 Å². The first-order valence-electron chi connectivity index (χ1n) is 20.7. The first kappa shape index (κ1) is 44.5. The minimum absolute atomic E-state index is 0.0131. The van der Waals surface area contributed by atoms with Crippen LogP contribution in [0.3, 0.4) is 0 Å². The topological polar surface area (TPSA) is 27.7 Å². The number of allylic oxidation sites excluding steroid dienone is 1. The third-order valence-electron chi connectivity index (χ3n) is 9.31. The van der Waals surface area contributed by atoms with Crippen molar-refractivity contribution >= 4 is 0 Å². The van der Waals surface area contributed by atoms with E-state index in [4.69, 9.17) is 14.2 Å². The Morgan fingerprint density at radius 2 is 0.689 bits per heavy atom. The van der Waals surface area contributed by atoms with Gasteiger partial charge in [-0.15, -0.1) is 0 Å². The Bertz CT molecular complexity index is 548. The molecule has 0 aromatic carbocycles. The molecule has 3 heteroatoms. The van der Waals surface area contributed by atoms with E-state index in [9.17, 15) is 0 Å². The van der Waals surface area contributed by atoms with Crippen molar-refractivity contribution in [3.05, 3.63) is 12.3 Å². The van der Waals surface area contributed by atoms with Gasteiger partial charge >= 0.3 is 0 Å². The standard InChI is InChI=1S/C42H84O3/c1-5-7-9-11-13-15-17-19-21-23-25-27-29-31-33-35-37-43-39-42(40-45-41(3)4)44-38-36-34-32-30-28-26-24-22-20-18-16-14-12-10-8-6-2/h42H,3,5-40H2,1-2,4H3. The Morgan fingerprint density at radius 3 is 1.00 bits per heavy atom. The summed E-state index contributed by atoms with van der Waals surface area (Å²) in [6.45, 7) is 13.2. The Morgan fingerprint density at radius 1 is 0.400 bits per heavy atom. The second-order valence-electron chi connectivity index (χ2n) is 14.2. The highest BCUT2D eigenvalue weighted by atomic mass is 16.6. The Labute approximate surface area is 284 Å². The van der Waals surface area contributed by atoms with Crippen molar-refractivity contribution in [1.29, 1.82) is 0 Å². The van der Waals surface area contributed by atoms with E-state index in [1.165, 1.54) is 193 Å². The van der Waals surface area contributed by atoms with Gasteiger partial charge in [-0.1, -0.05) is 213 Å². The lowest BCUT2D eigenvalue weighted by Gasteiger charge is -2.19. The molecule has 0 aliphatic carbocycles. The van der Waals surface area contributed by atoms with E-state index >= 15 is 0 Å². The molecule has 1 unspecified atom stereocenters. The fourth-order valence-corrected chi connectivity index (χ4v) is 6.25. The summed E-state index contributed by atoms with van der Waals surface area (Å²) >= 11 is 0. The van der Waals surface area contributed by atoms with E-state index < -0.39 is 0 Å². The normalized spacial score (nSPS) is 12.2. The molecule has 0 saturated carbocycles. The molecule has 0 aromatic rings. The molecule has 0 aliphatic heterocycles. The Balaban J connectivity index is 3.52. The second kappa shape index (κ2) is 39.6. The molecule has 0 rings (SSSR count). The van der Waals surface area contributed by atoms with Crippen molar-refractivity contribution in [3.63, 3.8) is 0 Å². The molecule has 0 aliphatic rings. The van der Waals surface area contributed by atoms with Crippen LogP contribution in [-0.2, 0) is 14.2 Å². The second-order valence-corrected chi connectivity index (χ2v) is 14.2. The van der Waals surface area contributed by atoms with Gasteiger partial charge in [-0.2, -0.15) is 0 Å². The van der Waals surface area contributed by atoms with E-state index in [1.54, 1.807) is 0 Å². The molecule has 0 bridgehead atoms. The highest BCUT2D eigenvalue weighted by Gasteiger charge is 2.10. The number of ether oxygens (including phenoxy) is 3. The molecule has 0 heterocycles. The van der Waals surface area contributed by atoms with Gasteiger partial charge in [-0.3, -0.25) is 0 Å². The Kier molecular flexibility index (Phi) is 39.2. The van der Waals surface area contributed by atoms with Gasteiger partial charge in [0.15, 0.2) is 0 Å². The van der Waals surface area contributed by atoms with Crippen LogP contribution in [0.4, 0.5) is 0 Å². The average Bonchev–Trinajstić information content (AvgIpc) is 3.04. The van der Waals surface area contributed by atoms with Gasteiger partial charge < -0.3 is 14.2 Å². The fraction of sp³-hybridized carbons (Fsp3) is 0.952. The minimum Gasteiger partial charge on any atom is -0.496 e. The number of hydrogen-bond acceptors (Lipinski definition) is 3. The molecule has 45 heavy (non-hydrogen) atoms. The van der Waals surface area contributed by atoms with E-state index in [0.29, 0.717) is 13.2 Å². The van der Waals surface area contributed by atoms with Gasteiger partial charge in [0, 0.05) is 13.2 Å². The average molecular weight is 637 g/mol. The maximum Gasteiger partial charge on any atom is 0.116 e. The lowest BCUT2D eigenvalue weighted by molar-refractivity contribution is -0.0497. The van der Waals surface area contributed by atoms with E-state index in [-0.39, 0.29) is 6.10 Å². The smallest absolute Gasteiger partial charge is 0.116 e. The molecule has 0 saturated heterocycles. The number of rotatable bonds is 40. The van der Waals surface area contributed by atoms with Crippen molar-refractivity contribution < 1.29 is 14.2 Å². The van der Waals surface area contributed by atoms with E-state index in [1.807, 2.05) is 6.92 Å². The highest BCUT2D eigenvalue weighted by molar-refractivity contribution is 4.74. The molecular weight excluding hydrogens is 552 g/mol. The molecule has 3 nitrogen and oxygen atoms in total. The van der Waals surface area contributed by atoms with Crippen LogP contribution in [0.15, 0.2) is 12.3 Å². The molecule has 0 amide bonds. The molecule has 270 valence electrons. The minimum atomic E-state index is 0.0131. The van der Waals surface area contributed by atoms with Crippen LogP contribution >= 0.6 is 0 Å². The molecule has 0 aromatic heterocycles. The van der Waals surface area contributed by atoms with Gasteiger partial charge in [0.2, 0.25) is 0 Å². The summed E-state index contributed by atoms with van der Waals surface area (Å²) in [5.74, 6) is 0.754. The van der Waals surface area contributed by atoms with Crippen LogP contribution in [0.2, 0.25) is 0 Å². The van der Waals surface area contributed by atoms with Gasteiger partial charge in [0.05, 0.1) is 12.4 Å². The van der Waals surface area contributed by atoms with E-state index in [0.717, 1.165) is 31.8 Å². The van der Waals surface area contributed by atoms with Crippen LogP contribution in [0.25, 0.3) is 0 Å². The van der Waals surface area contributed by atoms with Crippen LogP contribution in [-0.4, -0.2) is 32.5 Å². The van der Waals surface area contributed by atoms with Gasteiger partial charge in [-0.05, 0) is 19.8 Å². The molecule has 0 radical (unpaired) electrons. The van der Waals surface area contributed by atoms with Gasteiger partial charge in [-0.25, -0.2) is 0 Å². The highest BCUT2D eigenvalue weighted by Crippen LogP contribution is 2.15. The SMILES string of the molecule is C=C(C)OCC(COCCCCCCCCCCCCCCCCCC)OCCCCCCCCCCCCCCCCCC. The summed E-state index contributed by atoms with van der Waals surface area (Å²) in [6.07, 6.45) is 44.7. The summed E-state index contributed by atoms with van der Waals surface area (Å²) in [5, 5.41) is 0. The number of hydrogen-bond donors (Lipinski definition) is 0.